The lowest BCUT2D eigenvalue weighted by atomic mass is 9.84. The molecular weight excluding hydrogens is 411 g/mol. The molecule has 0 radical (unpaired) electrons. The van der Waals surface area contributed by atoms with Crippen molar-refractivity contribution in [3.8, 4) is 17.2 Å². The van der Waals surface area contributed by atoms with E-state index in [1.54, 1.807) is 30.3 Å². The van der Waals surface area contributed by atoms with Gasteiger partial charge in [0.05, 0.1) is 0 Å². The van der Waals surface area contributed by atoms with E-state index >= 15 is 0 Å². The molecule has 3 atom stereocenters. The van der Waals surface area contributed by atoms with Crippen molar-refractivity contribution in [3.63, 3.8) is 0 Å². The van der Waals surface area contributed by atoms with Crippen LogP contribution in [-0.4, -0.2) is 42.5 Å². The minimum Gasteiger partial charge on any atom is -0.486 e. The van der Waals surface area contributed by atoms with Gasteiger partial charge in [-0.2, -0.15) is 0 Å². The molecule has 2 aromatic rings. The third kappa shape index (κ3) is 4.03. The normalized spacial score (nSPS) is 24.7. The van der Waals surface area contributed by atoms with E-state index < -0.39 is 6.36 Å². The summed E-state index contributed by atoms with van der Waals surface area (Å²) in [7, 11) is 0. The molecule has 2 saturated heterocycles. The van der Waals surface area contributed by atoms with Crippen LogP contribution in [0.5, 0.6) is 17.2 Å². The number of fused-ring (bicyclic) bond motifs is 3. The predicted octanol–water partition coefficient (Wildman–Crippen LogP) is 4.91. The molecule has 0 aromatic heterocycles. The largest absolute Gasteiger partial charge is 0.573 e. The molecule has 3 aliphatic heterocycles. The number of nitrogens with zero attached hydrogens (tertiary/aromatic N) is 1. The quantitative estimate of drug-likeness (QED) is 0.691. The fourth-order valence-corrected chi connectivity index (χ4v) is 5.05. The van der Waals surface area contributed by atoms with Crippen molar-refractivity contribution in [2.24, 2.45) is 0 Å². The SMILES string of the molecule is O=C(c1ccc2c(c1)OCCO2)N1[C@@H]2CC[C@H]1C[C@@H](c1ccc(OC(F)(F)F)cc1)C2. The van der Waals surface area contributed by atoms with Crippen molar-refractivity contribution in [1.29, 1.82) is 0 Å². The zero-order chi connectivity index (χ0) is 21.6. The van der Waals surface area contributed by atoms with Gasteiger partial charge in [-0.1, -0.05) is 12.1 Å². The number of ether oxygens (including phenoxy) is 3. The number of carbonyl (C=O) groups excluding carboxylic acids is 1. The Labute approximate surface area is 177 Å². The maximum Gasteiger partial charge on any atom is 0.573 e. The van der Waals surface area contributed by atoms with E-state index in [1.807, 2.05) is 4.90 Å². The topological polar surface area (TPSA) is 48.0 Å². The van der Waals surface area contributed by atoms with Crippen molar-refractivity contribution in [2.45, 2.75) is 50.0 Å². The van der Waals surface area contributed by atoms with Gasteiger partial charge in [-0.3, -0.25) is 4.79 Å². The highest BCUT2D eigenvalue weighted by Gasteiger charge is 2.44. The molecule has 31 heavy (non-hydrogen) atoms. The zero-order valence-corrected chi connectivity index (χ0v) is 16.7. The number of piperidine rings is 1. The van der Waals surface area contributed by atoms with Crippen LogP contribution in [-0.2, 0) is 0 Å². The molecule has 0 aliphatic carbocycles. The van der Waals surface area contributed by atoms with Crippen LogP contribution in [0.4, 0.5) is 13.2 Å². The molecule has 0 spiro atoms. The minimum atomic E-state index is -4.69. The summed E-state index contributed by atoms with van der Waals surface area (Å²) < 4.78 is 52.3. The molecule has 5 rings (SSSR count). The first-order valence-electron chi connectivity index (χ1n) is 10.5. The van der Waals surface area contributed by atoms with E-state index in [4.69, 9.17) is 9.47 Å². The highest BCUT2D eigenvalue weighted by Crippen LogP contribution is 2.44. The lowest BCUT2D eigenvalue weighted by Gasteiger charge is -2.39. The lowest BCUT2D eigenvalue weighted by molar-refractivity contribution is -0.274. The van der Waals surface area contributed by atoms with Gasteiger partial charge in [-0.15, -0.1) is 13.2 Å². The van der Waals surface area contributed by atoms with Gasteiger partial charge in [0.1, 0.15) is 19.0 Å². The van der Waals surface area contributed by atoms with Crippen LogP contribution in [0.3, 0.4) is 0 Å². The van der Waals surface area contributed by atoms with Gasteiger partial charge in [0.15, 0.2) is 11.5 Å². The third-order valence-electron chi connectivity index (χ3n) is 6.34. The van der Waals surface area contributed by atoms with Crippen molar-refractivity contribution in [1.82, 2.24) is 4.90 Å². The monoisotopic (exact) mass is 433 g/mol. The second-order valence-electron chi connectivity index (χ2n) is 8.24. The number of carbonyl (C=O) groups is 1. The molecule has 0 N–H and O–H groups in total. The van der Waals surface area contributed by atoms with E-state index in [-0.39, 0.29) is 29.7 Å². The summed E-state index contributed by atoms with van der Waals surface area (Å²) in [5, 5.41) is 0. The Bertz CT molecular complexity index is 962. The number of amides is 1. The van der Waals surface area contributed by atoms with Gasteiger partial charge in [0, 0.05) is 17.6 Å². The Morgan fingerprint density at radius 1 is 0.935 bits per heavy atom. The van der Waals surface area contributed by atoms with Gasteiger partial charge in [-0.05, 0) is 67.5 Å². The molecule has 164 valence electrons. The van der Waals surface area contributed by atoms with Crippen LogP contribution in [0.1, 0.15) is 47.5 Å². The zero-order valence-electron chi connectivity index (χ0n) is 16.7. The Morgan fingerprint density at radius 3 is 2.23 bits per heavy atom. The van der Waals surface area contributed by atoms with E-state index in [2.05, 4.69) is 4.74 Å². The van der Waals surface area contributed by atoms with Gasteiger partial charge in [0.2, 0.25) is 0 Å². The van der Waals surface area contributed by atoms with E-state index in [0.717, 1.165) is 31.2 Å². The molecule has 2 bridgehead atoms. The van der Waals surface area contributed by atoms with E-state index in [9.17, 15) is 18.0 Å². The summed E-state index contributed by atoms with van der Waals surface area (Å²) in [6, 6.07) is 11.7. The summed E-state index contributed by atoms with van der Waals surface area (Å²) in [6.07, 6.45) is -1.22. The molecule has 3 heterocycles. The molecular formula is C23H22F3NO4. The first-order valence-corrected chi connectivity index (χ1v) is 10.5. The van der Waals surface area contributed by atoms with Crippen LogP contribution < -0.4 is 14.2 Å². The number of rotatable bonds is 3. The lowest BCUT2D eigenvalue weighted by Crippen LogP contribution is -2.46. The van der Waals surface area contributed by atoms with Crippen molar-refractivity contribution >= 4 is 5.91 Å². The molecule has 8 heteroatoms. The molecule has 1 amide bonds. The van der Waals surface area contributed by atoms with Crippen LogP contribution in [0.2, 0.25) is 0 Å². The van der Waals surface area contributed by atoms with Crippen molar-refractivity contribution < 1.29 is 32.2 Å². The number of benzene rings is 2. The maximum absolute atomic E-state index is 13.3. The molecule has 3 aliphatic rings. The summed E-state index contributed by atoms with van der Waals surface area (Å²) >= 11 is 0. The number of hydrogen-bond acceptors (Lipinski definition) is 4. The maximum atomic E-state index is 13.3. The molecule has 5 nitrogen and oxygen atoms in total. The van der Waals surface area contributed by atoms with Gasteiger partial charge < -0.3 is 19.1 Å². The van der Waals surface area contributed by atoms with E-state index in [0.29, 0.717) is 30.3 Å². The average molecular weight is 433 g/mol. The fraction of sp³-hybridized carbons (Fsp3) is 0.435. The molecule has 2 aromatic carbocycles. The summed E-state index contributed by atoms with van der Waals surface area (Å²) in [4.78, 5) is 15.3. The van der Waals surface area contributed by atoms with Crippen molar-refractivity contribution in [3.05, 3.63) is 53.6 Å². The first-order chi connectivity index (χ1) is 14.9. The van der Waals surface area contributed by atoms with Gasteiger partial charge in [-0.25, -0.2) is 0 Å². The van der Waals surface area contributed by atoms with Gasteiger partial charge in [0.25, 0.3) is 5.91 Å². The molecule has 0 unspecified atom stereocenters. The second kappa shape index (κ2) is 7.66. The predicted molar refractivity (Wildman–Crippen MR) is 106 cm³/mol. The third-order valence-corrected chi connectivity index (χ3v) is 6.34. The average Bonchev–Trinajstić information content (AvgIpc) is 3.01. The Hall–Kier alpha value is -2.90. The van der Waals surface area contributed by atoms with Crippen LogP contribution in [0, 0.1) is 0 Å². The van der Waals surface area contributed by atoms with Crippen LogP contribution in [0.15, 0.2) is 42.5 Å². The number of halogens is 3. The minimum absolute atomic E-state index is 0.00292. The first kappa shape index (κ1) is 20.0. The second-order valence-corrected chi connectivity index (χ2v) is 8.24. The fourth-order valence-electron chi connectivity index (χ4n) is 5.05. The smallest absolute Gasteiger partial charge is 0.486 e. The Kier molecular flexibility index (Phi) is 4.95. The summed E-state index contributed by atoms with van der Waals surface area (Å²) in [5.41, 5.74) is 1.58. The standard InChI is InChI=1S/C23H22F3NO4/c24-23(25,26)31-19-6-1-14(2-7-19)16-11-17-4-5-18(12-16)27(17)22(28)15-3-8-20-21(13-15)30-10-9-29-20/h1-3,6-8,13,16-18H,4-5,9-12H2/t16-,17+,18-. The number of hydrogen-bond donors (Lipinski definition) is 0. The van der Waals surface area contributed by atoms with Crippen LogP contribution in [0.25, 0.3) is 0 Å². The highest BCUT2D eigenvalue weighted by atomic mass is 19.4. The van der Waals surface area contributed by atoms with Crippen LogP contribution >= 0.6 is 0 Å². The van der Waals surface area contributed by atoms with E-state index in [1.165, 1.54) is 12.1 Å². The highest BCUT2D eigenvalue weighted by molar-refractivity contribution is 5.95. The van der Waals surface area contributed by atoms with Gasteiger partial charge >= 0.3 is 6.36 Å². The Morgan fingerprint density at radius 2 is 1.58 bits per heavy atom. The Balaban J connectivity index is 1.29. The summed E-state index contributed by atoms with van der Waals surface area (Å²) in [5.74, 6) is 1.24. The number of alkyl halides is 3. The molecule has 0 saturated carbocycles. The van der Waals surface area contributed by atoms with Crippen molar-refractivity contribution in [2.75, 3.05) is 13.2 Å². The summed E-state index contributed by atoms with van der Waals surface area (Å²) in [6.45, 7) is 0.968. The molecule has 2 fully saturated rings.